The lowest BCUT2D eigenvalue weighted by Gasteiger charge is -2.34. The van der Waals surface area contributed by atoms with Crippen LogP contribution >= 0.6 is 24.0 Å². The van der Waals surface area contributed by atoms with Gasteiger partial charge in [-0.3, -0.25) is 4.99 Å². The predicted molar refractivity (Wildman–Crippen MR) is 142 cm³/mol. The second-order valence-corrected chi connectivity index (χ2v) is 7.87. The molecule has 2 aromatic heterocycles. The molecule has 1 aliphatic heterocycles. The highest BCUT2D eigenvalue weighted by atomic mass is 127. The van der Waals surface area contributed by atoms with Gasteiger partial charge in [-0.2, -0.15) is 0 Å². The van der Waals surface area contributed by atoms with Crippen molar-refractivity contribution in [3.8, 4) is 0 Å². The number of aliphatic imine (C=N–C) groups is 1. The number of hydrogen-bond donors (Lipinski definition) is 2. The molecule has 32 heavy (non-hydrogen) atoms. The summed E-state index contributed by atoms with van der Waals surface area (Å²) in [5.41, 5.74) is 3.27. The van der Waals surface area contributed by atoms with Crippen molar-refractivity contribution >= 4 is 46.7 Å². The molecule has 8 heteroatoms. The van der Waals surface area contributed by atoms with Gasteiger partial charge >= 0.3 is 0 Å². The van der Waals surface area contributed by atoms with E-state index in [-0.39, 0.29) is 24.0 Å². The third kappa shape index (κ3) is 5.72. The average molecular weight is 548 g/mol. The van der Waals surface area contributed by atoms with Gasteiger partial charge < -0.3 is 24.9 Å². The first-order chi connectivity index (χ1) is 15.2. The number of halogens is 1. The van der Waals surface area contributed by atoms with E-state index in [4.69, 9.17) is 4.42 Å². The van der Waals surface area contributed by atoms with Gasteiger partial charge in [-0.1, -0.05) is 25.1 Å². The molecular formula is C24H33IN6O. The van der Waals surface area contributed by atoms with Crippen molar-refractivity contribution in [2.45, 2.75) is 26.9 Å². The molecule has 0 bridgehead atoms. The Hall–Kier alpha value is -2.33. The molecule has 1 fully saturated rings. The summed E-state index contributed by atoms with van der Waals surface area (Å²) in [6, 6.07) is 12.3. The maximum absolute atomic E-state index is 5.99. The van der Waals surface area contributed by atoms with Crippen molar-refractivity contribution in [1.82, 2.24) is 20.5 Å². The first-order valence-corrected chi connectivity index (χ1v) is 11.0. The summed E-state index contributed by atoms with van der Waals surface area (Å²) in [6.45, 7) is 10.9. The molecule has 0 atom stereocenters. The van der Waals surface area contributed by atoms with Crippen LogP contribution in [0.4, 0.5) is 5.82 Å². The summed E-state index contributed by atoms with van der Waals surface area (Å²) in [6.07, 6.45) is 1.90. The molecule has 4 rings (SSSR count). The fraction of sp³-hybridized carbons (Fsp3) is 0.417. The number of furan rings is 1. The smallest absolute Gasteiger partial charge is 0.191 e. The van der Waals surface area contributed by atoms with Crippen molar-refractivity contribution in [1.29, 1.82) is 0 Å². The Kier molecular flexibility index (Phi) is 8.75. The highest BCUT2D eigenvalue weighted by Gasteiger charge is 2.17. The summed E-state index contributed by atoms with van der Waals surface area (Å²) in [4.78, 5) is 13.8. The van der Waals surface area contributed by atoms with Crippen LogP contribution in [0.25, 0.3) is 11.0 Å². The highest BCUT2D eigenvalue weighted by molar-refractivity contribution is 14.0. The molecule has 3 aromatic rings. The molecule has 0 amide bonds. The maximum Gasteiger partial charge on any atom is 0.191 e. The number of likely N-dealkylation sites (N-methyl/N-ethyl adjacent to an activating group) is 1. The van der Waals surface area contributed by atoms with E-state index < -0.39 is 0 Å². The first-order valence-electron chi connectivity index (χ1n) is 11.0. The third-order valence-corrected chi connectivity index (χ3v) is 6.00. The zero-order valence-electron chi connectivity index (χ0n) is 19.1. The average Bonchev–Trinajstić information content (AvgIpc) is 3.15. The van der Waals surface area contributed by atoms with Crippen LogP contribution in [0.15, 0.2) is 52.0 Å². The van der Waals surface area contributed by atoms with Gasteiger partial charge in [0.25, 0.3) is 0 Å². The van der Waals surface area contributed by atoms with E-state index >= 15 is 0 Å². The minimum absolute atomic E-state index is 0. The number of guanidine groups is 1. The summed E-state index contributed by atoms with van der Waals surface area (Å²) >= 11 is 0. The summed E-state index contributed by atoms with van der Waals surface area (Å²) < 4.78 is 5.99. The number of hydrogen-bond acceptors (Lipinski definition) is 5. The van der Waals surface area contributed by atoms with Gasteiger partial charge in [-0.05, 0) is 37.2 Å². The van der Waals surface area contributed by atoms with Crippen molar-refractivity contribution in [3.05, 3.63) is 59.5 Å². The highest BCUT2D eigenvalue weighted by Crippen LogP contribution is 2.24. The minimum atomic E-state index is 0. The summed E-state index contributed by atoms with van der Waals surface area (Å²) in [7, 11) is 1.78. The monoisotopic (exact) mass is 548 g/mol. The van der Waals surface area contributed by atoms with Crippen molar-refractivity contribution < 1.29 is 4.42 Å². The zero-order valence-corrected chi connectivity index (χ0v) is 21.4. The lowest BCUT2D eigenvalue weighted by Crippen LogP contribution is -2.46. The van der Waals surface area contributed by atoms with Crippen LogP contribution < -0.4 is 15.5 Å². The normalized spacial score (nSPS) is 15.0. The van der Waals surface area contributed by atoms with E-state index in [2.05, 4.69) is 62.5 Å². The van der Waals surface area contributed by atoms with Gasteiger partial charge in [0, 0.05) is 56.9 Å². The number of pyridine rings is 1. The standard InChI is InChI=1S/C24H32N6O.HI/c1-4-29-11-13-30(14-12-29)23-15-19(9-10-26-23)16-27-24(25-3)28-17-22-18(2)20-7-5-6-8-21(20)31-22;/h5-10,15H,4,11-14,16-17H2,1-3H3,(H2,25,27,28);1H. The van der Waals surface area contributed by atoms with Gasteiger partial charge in [0.2, 0.25) is 0 Å². The number of anilines is 1. The largest absolute Gasteiger partial charge is 0.459 e. The van der Waals surface area contributed by atoms with E-state index in [1.165, 1.54) is 11.1 Å². The topological polar surface area (TPSA) is 68.9 Å². The van der Waals surface area contributed by atoms with E-state index in [1.54, 1.807) is 7.05 Å². The van der Waals surface area contributed by atoms with Gasteiger partial charge in [-0.25, -0.2) is 4.98 Å². The SMILES string of the molecule is CCN1CCN(c2cc(CNC(=NC)NCc3oc4ccccc4c3C)ccn2)CC1.I. The van der Waals surface area contributed by atoms with Gasteiger partial charge in [0.05, 0.1) is 6.54 Å². The third-order valence-electron chi connectivity index (χ3n) is 6.00. The molecule has 0 saturated carbocycles. The fourth-order valence-electron chi connectivity index (χ4n) is 4.00. The van der Waals surface area contributed by atoms with Crippen molar-refractivity contribution in [2.75, 3.05) is 44.7 Å². The number of piperazine rings is 1. The number of rotatable bonds is 6. The molecule has 172 valence electrons. The number of benzene rings is 1. The molecular weight excluding hydrogens is 515 g/mol. The predicted octanol–water partition coefficient (Wildman–Crippen LogP) is 3.76. The molecule has 3 heterocycles. The Morgan fingerprint density at radius 2 is 1.84 bits per heavy atom. The first kappa shape index (κ1) is 24.3. The van der Waals surface area contributed by atoms with Crippen LogP contribution in [0, 0.1) is 6.92 Å². The quantitative estimate of drug-likeness (QED) is 0.278. The number of fused-ring (bicyclic) bond motifs is 1. The van der Waals surface area contributed by atoms with Crippen LogP contribution in [0.5, 0.6) is 0 Å². The second kappa shape index (κ2) is 11.5. The number of nitrogens with one attached hydrogen (secondary N) is 2. The molecule has 2 N–H and O–H groups in total. The Labute approximate surface area is 207 Å². The second-order valence-electron chi connectivity index (χ2n) is 7.87. The van der Waals surface area contributed by atoms with Gasteiger partial charge in [0.1, 0.15) is 17.2 Å². The molecule has 0 unspecified atom stereocenters. The minimum Gasteiger partial charge on any atom is -0.459 e. The van der Waals surface area contributed by atoms with E-state index in [9.17, 15) is 0 Å². The number of para-hydroxylation sites is 1. The lowest BCUT2D eigenvalue weighted by atomic mass is 10.1. The molecule has 0 aliphatic carbocycles. The maximum atomic E-state index is 5.99. The summed E-state index contributed by atoms with van der Waals surface area (Å²) in [5, 5.41) is 7.92. The van der Waals surface area contributed by atoms with Crippen LogP contribution in [0.3, 0.4) is 0 Å². The number of aromatic nitrogens is 1. The Morgan fingerprint density at radius 1 is 1.09 bits per heavy atom. The number of aryl methyl sites for hydroxylation is 1. The van der Waals surface area contributed by atoms with Gasteiger partial charge in [-0.15, -0.1) is 24.0 Å². The Bertz CT molecular complexity index is 1040. The zero-order chi connectivity index (χ0) is 21.6. The Morgan fingerprint density at radius 3 is 2.56 bits per heavy atom. The summed E-state index contributed by atoms with van der Waals surface area (Å²) in [5.74, 6) is 2.73. The molecule has 1 aliphatic rings. The number of nitrogens with zero attached hydrogens (tertiary/aromatic N) is 4. The van der Waals surface area contributed by atoms with Crippen molar-refractivity contribution in [2.24, 2.45) is 4.99 Å². The molecule has 0 spiro atoms. The van der Waals surface area contributed by atoms with E-state index in [0.717, 1.165) is 61.2 Å². The van der Waals surface area contributed by atoms with E-state index in [1.807, 2.05) is 24.4 Å². The van der Waals surface area contributed by atoms with Crippen LogP contribution in [0.2, 0.25) is 0 Å². The van der Waals surface area contributed by atoms with Crippen LogP contribution in [-0.4, -0.2) is 55.6 Å². The van der Waals surface area contributed by atoms with Crippen LogP contribution in [-0.2, 0) is 13.1 Å². The van der Waals surface area contributed by atoms with E-state index in [0.29, 0.717) is 13.1 Å². The lowest BCUT2D eigenvalue weighted by molar-refractivity contribution is 0.270. The molecule has 7 nitrogen and oxygen atoms in total. The molecule has 0 radical (unpaired) electrons. The van der Waals surface area contributed by atoms with Crippen LogP contribution in [0.1, 0.15) is 23.8 Å². The van der Waals surface area contributed by atoms with Crippen molar-refractivity contribution in [3.63, 3.8) is 0 Å². The van der Waals surface area contributed by atoms with Gasteiger partial charge in [0.15, 0.2) is 5.96 Å². The fourth-order valence-corrected chi connectivity index (χ4v) is 4.00. The molecule has 1 saturated heterocycles. The molecule has 1 aromatic carbocycles. The Balaban J connectivity index is 0.00000289.